The van der Waals surface area contributed by atoms with E-state index in [9.17, 15) is 14.0 Å². The summed E-state index contributed by atoms with van der Waals surface area (Å²) in [5.41, 5.74) is 1.89. The van der Waals surface area contributed by atoms with Crippen LogP contribution in [0.3, 0.4) is 0 Å². The van der Waals surface area contributed by atoms with E-state index in [1.165, 1.54) is 26.4 Å². The van der Waals surface area contributed by atoms with Gasteiger partial charge in [0.05, 0.1) is 37.2 Å². The lowest BCUT2D eigenvalue weighted by Gasteiger charge is -2.14. The number of carbonyl (C=O) groups is 1. The molecule has 5 rings (SSSR count). The number of hydrogen-bond donors (Lipinski definition) is 1. The molecule has 0 radical (unpaired) electrons. The van der Waals surface area contributed by atoms with E-state index in [0.29, 0.717) is 45.5 Å². The van der Waals surface area contributed by atoms with Gasteiger partial charge < -0.3 is 24.1 Å². The Labute approximate surface area is 228 Å². The minimum Gasteiger partial charge on any atom is -0.491 e. The Kier molecular flexibility index (Phi) is 7.11. The van der Waals surface area contributed by atoms with Gasteiger partial charge in [-0.1, -0.05) is 0 Å². The van der Waals surface area contributed by atoms with Crippen molar-refractivity contribution in [3.63, 3.8) is 0 Å². The number of benzene rings is 1. The van der Waals surface area contributed by atoms with Crippen LogP contribution < -0.4 is 25.0 Å². The molecule has 202 valence electrons. The fraction of sp³-hybridized carbons (Fsp3) is 0.138. The van der Waals surface area contributed by atoms with Crippen molar-refractivity contribution in [2.75, 3.05) is 19.5 Å². The minimum atomic E-state index is -0.582. The average Bonchev–Trinajstić information content (AvgIpc) is 2.96. The van der Waals surface area contributed by atoms with Crippen LogP contribution in [-0.2, 0) is 7.05 Å². The Balaban J connectivity index is 1.39. The van der Waals surface area contributed by atoms with Crippen LogP contribution >= 0.6 is 0 Å². The Morgan fingerprint density at radius 1 is 1.00 bits per heavy atom. The van der Waals surface area contributed by atoms with Crippen molar-refractivity contribution in [2.24, 2.45) is 7.05 Å². The predicted molar refractivity (Wildman–Crippen MR) is 147 cm³/mol. The summed E-state index contributed by atoms with van der Waals surface area (Å²) < 4.78 is 31.6. The highest BCUT2D eigenvalue weighted by molar-refractivity contribution is 6.05. The molecule has 0 aliphatic rings. The highest BCUT2D eigenvalue weighted by atomic mass is 19.1. The number of nitrogens with one attached hydrogen (secondary N) is 1. The topological polar surface area (TPSA) is 117 Å². The van der Waals surface area contributed by atoms with Gasteiger partial charge in [0, 0.05) is 43.0 Å². The number of anilines is 1. The maximum absolute atomic E-state index is 13.3. The van der Waals surface area contributed by atoms with Crippen molar-refractivity contribution < 1.29 is 23.4 Å². The van der Waals surface area contributed by atoms with E-state index in [1.54, 1.807) is 67.3 Å². The number of hydrogen-bond acceptors (Lipinski definition) is 8. The van der Waals surface area contributed by atoms with Gasteiger partial charge in [0.2, 0.25) is 5.43 Å². The lowest BCUT2D eigenvalue weighted by molar-refractivity contribution is 0.102. The second kappa shape index (κ2) is 10.8. The number of ether oxygens (including phenoxy) is 3. The number of nitrogens with zero attached hydrogens (tertiary/aromatic N) is 4. The summed E-state index contributed by atoms with van der Waals surface area (Å²) in [5, 5.41) is 2.76. The van der Waals surface area contributed by atoms with Crippen molar-refractivity contribution >= 4 is 22.6 Å². The zero-order valence-corrected chi connectivity index (χ0v) is 22.1. The molecule has 4 aromatic heterocycles. The van der Waals surface area contributed by atoms with Crippen molar-refractivity contribution in [1.82, 2.24) is 19.5 Å². The number of fused-ring (bicyclic) bond motifs is 1. The minimum absolute atomic E-state index is 0.0369. The zero-order valence-electron chi connectivity index (χ0n) is 22.1. The molecular formula is C29H24FN5O5. The first-order valence-corrected chi connectivity index (χ1v) is 12.1. The predicted octanol–water partition coefficient (Wildman–Crippen LogP) is 4.90. The fourth-order valence-corrected chi connectivity index (χ4v) is 4.12. The molecule has 0 saturated heterocycles. The van der Waals surface area contributed by atoms with Crippen molar-refractivity contribution in [1.29, 1.82) is 0 Å². The lowest BCUT2D eigenvalue weighted by atomic mass is 10.1. The Hall–Kier alpha value is -5.32. The third-order valence-corrected chi connectivity index (χ3v) is 6.28. The monoisotopic (exact) mass is 541 g/mol. The summed E-state index contributed by atoms with van der Waals surface area (Å²) >= 11 is 0. The van der Waals surface area contributed by atoms with Gasteiger partial charge in [-0.25, -0.2) is 9.37 Å². The molecule has 0 aliphatic heterocycles. The molecule has 1 N–H and O–H groups in total. The molecule has 0 spiro atoms. The third kappa shape index (κ3) is 5.04. The van der Waals surface area contributed by atoms with Gasteiger partial charge in [0.25, 0.3) is 11.8 Å². The van der Waals surface area contributed by atoms with Gasteiger partial charge in [-0.15, -0.1) is 0 Å². The van der Waals surface area contributed by atoms with E-state index < -0.39 is 17.2 Å². The normalized spacial score (nSPS) is 10.8. The van der Waals surface area contributed by atoms with Crippen molar-refractivity contribution in [3.8, 4) is 34.4 Å². The van der Waals surface area contributed by atoms with Crippen LogP contribution in [0.1, 0.15) is 16.1 Å². The maximum Gasteiger partial charge on any atom is 0.261 e. The SMILES string of the molecule is COc1cc2nccc(Oc3ccc(NC(=O)c4c(C)n(C)cc(-c5ccc(F)cn5)c4=O)cc3)c2nc1OC. The number of rotatable bonds is 7. The number of halogens is 1. The van der Waals surface area contributed by atoms with E-state index >= 15 is 0 Å². The standard InChI is InChI=1S/C29H24FN5O5/c1-16-25(27(36)20(15-35(16)2)21-10-5-17(30)14-32-21)28(37)33-18-6-8-19(9-7-18)40-23-11-12-31-22-13-24(38-3)29(39-4)34-26(22)23/h5-15H,1-4H3,(H,33,37). The second-order valence-electron chi connectivity index (χ2n) is 8.76. The summed E-state index contributed by atoms with van der Waals surface area (Å²) in [5.74, 6) is 0.579. The van der Waals surface area contributed by atoms with E-state index in [2.05, 4.69) is 20.3 Å². The summed E-state index contributed by atoms with van der Waals surface area (Å²) in [6.45, 7) is 1.67. The van der Waals surface area contributed by atoms with Gasteiger partial charge in [-0.3, -0.25) is 19.6 Å². The molecular weight excluding hydrogens is 517 g/mol. The van der Waals surface area contributed by atoms with Gasteiger partial charge >= 0.3 is 0 Å². The molecule has 4 heterocycles. The first kappa shape index (κ1) is 26.3. The van der Waals surface area contributed by atoms with Gasteiger partial charge in [-0.05, 0) is 43.3 Å². The van der Waals surface area contributed by atoms with E-state index in [0.717, 1.165) is 6.20 Å². The smallest absolute Gasteiger partial charge is 0.261 e. The highest BCUT2D eigenvalue weighted by Gasteiger charge is 2.20. The molecule has 0 bridgehead atoms. The van der Waals surface area contributed by atoms with Crippen LogP contribution in [0.15, 0.2) is 71.9 Å². The molecule has 0 saturated carbocycles. The number of aryl methyl sites for hydroxylation is 1. The molecule has 1 aromatic carbocycles. The highest BCUT2D eigenvalue weighted by Crippen LogP contribution is 2.34. The van der Waals surface area contributed by atoms with E-state index in [-0.39, 0.29) is 16.8 Å². The molecule has 11 heteroatoms. The van der Waals surface area contributed by atoms with E-state index in [4.69, 9.17) is 14.2 Å². The number of methoxy groups -OCH3 is 2. The summed E-state index contributed by atoms with van der Waals surface area (Å²) in [6.07, 6.45) is 4.19. The van der Waals surface area contributed by atoms with Crippen LogP contribution in [-0.4, -0.2) is 39.6 Å². The lowest BCUT2D eigenvalue weighted by Crippen LogP contribution is -2.27. The maximum atomic E-state index is 13.3. The molecule has 0 atom stereocenters. The number of aromatic nitrogens is 4. The van der Waals surface area contributed by atoms with E-state index in [1.807, 2.05) is 0 Å². The van der Waals surface area contributed by atoms with Crippen molar-refractivity contribution in [2.45, 2.75) is 6.92 Å². The molecule has 0 unspecified atom stereocenters. The van der Waals surface area contributed by atoms with Crippen LogP contribution in [0.2, 0.25) is 0 Å². The number of pyridine rings is 4. The summed E-state index contributed by atoms with van der Waals surface area (Å²) in [7, 11) is 4.73. The Morgan fingerprint density at radius 2 is 1.77 bits per heavy atom. The van der Waals surface area contributed by atoms with Crippen molar-refractivity contribution in [3.05, 3.63) is 94.4 Å². The summed E-state index contributed by atoms with van der Waals surface area (Å²) in [4.78, 5) is 39.2. The van der Waals surface area contributed by atoms with Crippen LogP contribution in [0, 0.1) is 12.7 Å². The Morgan fingerprint density at radius 3 is 2.45 bits per heavy atom. The fourth-order valence-electron chi connectivity index (χ4n) is 4.12. The first-order valence-electron chi connectivity index (χ1n) is 12.1. The largest absolute Gasteiger partial charge is 0.491 e. The molecule has 10 nitrogen and oxygen atoms in total. The quantitative estimate of drug-likeness (QED) is 0.309. The third-order valence-electron chi connectivity index (χ3n) is 6.28. The van der Waals surface area contributed by atoms with Gasteiger partial charge in [0.15, 0.2) is 11.5 Å². The second-order valence-corrected chi connectivity index (χ2v) is 8.76. The Bertz CT molecular complexity index is 1790. The molecule has 0 aliphatic carbocycles. The summed E-state index contributed by atoms with van der Waals surface area (Å²) in [6, 6.07) is 12.6. The van der Waals surface area contributed by atoms with Crippen LogP contribution in [0.4, 0.5) is 10.1 Å². The first-order chi connectivity index (χ1) is 19.3. The molecule has 0 fully saturated rings. The molecule has 40 heavy (non-hydrogen) atoms. The number of carbonyl (C=O) groups excluding carboxylic acids is 1. The molecule has 5 aromatic rings. The molecule has 1 amide bonds. The number of amides is 1. The van der Waals surface area contributed by atoms with Crippen LogP contribution in [0.25, 0.3) is 22.3 Å². The van der Waals surface area contributed by atoms with Crippen LogP contribution in [0.5, 0.6) is 23.1 Å². The zero-order chi connectivity index (χ0) is 28.4. The average molecular weight is 542 g/mol. The van der Waals surface area contributed by atoms with Gasteiger partial charge in [-0.2, -0.15) is 0 Å². The van der Waals surface area contributed by atoms with Gasteiger partial charge in [0.1, 0.15) is 22.6 Å².